The van der Waals surface area contributed by atoms with Gasteiger partial charge in [-0.2, -0.15) is 0 Å². The fraction of sp³-hybridized carbons (Fsp3) is 1.00. The lowest BCUT2D eigenvalue weighted by molar-refractivity contribution is -0.0920. The van der Waals surface area contributed by atoms with E-state index in [2.05, 4.69) is 67.2 Å². The Morgan fingerprint density at radius 3 is 1.95 bits per heavy atom. The van der Waals surface area contributed by atoms with Gasteiger partial charge in [-0.15, -0.1) is 0 Å². The van der Waals surface area contributed by atoms with Crippen LogP contribution in [-0.2, 0) is 4.74 Å². The van der Waals surface area contributed by atoms with E-state index < -0.39 is 0 Å². The molecule has 0 N–H and O–H groups in total. The molecule has 2 heteroatoms. The van der Waals surface area contributed by atoms with Gasteiger partial charge in [0, 0.05) is 18.7 Å². The molecule has 0 aromatic heterocycles. The molecule has 1 aliphatic rings. The average Bonchev–Trinajstić information content (AvgIpc) is 2.24. The number of hydrogen-bond acceptors (Lipinski definition) is 2. The quantitative estimate of drug-likeness (QED) is 0.729. The monoisotopic (exact) mass is 297 g/mol. The summed E-state index contributed by atoms with van der Waals surface area (Å²) in [4.78, 5) is 2.59. The van der Waals surface area contributed by atoms with Gasteiger partial charge in [0.1, 0.15) is 0 Å². The van der Waals surface area contributed by atoms with E-state index in [1.165, 1.54) is 13.0 Å². The van der Waals surface area contributed by atoms with Gasteiger partial charge in [-0.25, -0.2) is 0 Å². The van der Waals surface area contributed by atoms with Crippen molar-refractivity contribution in [3.63, 3.8) is 0 Å². The molecule has 1 rings (SSSR count). The summed E-state index contributed by atoms with van der Waals surface area (Å²) < 4.78 is 6.38. The summed E-state index contributed by atoms with van der Waals surface area (Å²) in [5.41, 5.74) is 0.931. The summed E-state index contributed by atoms with van der Waals surface area (Å²) in [6.45, 7) is 24.1. The van der Waals surface area contributed by atoms with Gasteiger partial charge in [-0.3, -0.25) is 4.90 Å². The highest BCUT2D eigenvalue weighted by Crippen LogP contribution is 2.38. The Hall–Kier alpha value is -0.0800. The SMILES string of the molecule is CC(C)(C)CCOC1CN(C(C)(C)C)CCC1C(C)(C)C. The Bertz CT molecular complexity index is 316. The zero-order valence-electron chi connectivity index (χ0n) is 16.0. The lowest BCUT2D eigenvalue weighted by Gasteiger charge is -2.48. The number of rotatable bonds is 3. The summed E-state index contributed by atoms with van der Waals surface area (Å²) in [7, 11) is 0. The van der Waals surface area contributed by atoms with Gasteiger partial charge in [0.15, 0.2) is 0 Å². The maximum Gasteiger partial charge on any atom is 0.0735 e. The molecule has 0 saturated carbocycles. The fourth-order valence-corrected chi connectivity index (χ4v) is 3.20. The number of piperidine rings is 1. The maximum atomic E-state index is 6.38. The lowest BCUT2D eigenvalue weighted by Crippen LogP contribution is -2.55. The molecule has 0 radical (unpaired) electrons. The van der Waals surface area contributed by atoms with Crippen molar-refractivity contribution in [1.82, 2.24) is 4.90 Å². The molecule has 0 aromatic carbocycles. The van der Waals surface area contributed by atoms with E-state index in [0.29, 0.717) is 22.9 Å². The molecule has 0 aliphatic carbocycles. The van der Waals surface area contributed by atoms with Crippen LogP contribution in [0.3, 0.4) is 0 Å². The molecule has 0 aromatic rings. The molecule has 2 atom stereocenters. The van der Waals surface area contributed by atoms with E-state index in [0.717, 1.165) is 19.6 Å². The summed E-state index contributed by atoms with van der Waals surface area (Å²) in [6, 6.07) is 0. The zero-order valence-corrected chi connectivity index (χ0v) is 16.0. The van der Waals surface area contributed by atoms with Crippen molar-refractivity contribution in [1.29, 1.82) is 0 Å². The molecule has 2 unspecified atom stereocenters. The van der Waals surface area contributed by atoms with Crippen molar-refractivity contribution in [3.8, 4) is 0 Å². The first-order valence-corrected chi connectivity index (χ1v) is 8.67. The van der Waals surface area contributed by atoms with Crippen LogP contribution in [0.15, 0.2) is 0 Å². The topological polar surface area (TPSA) is 12.5 Å². The van der Waals surface area contributed by atoms with Crippen LogP contribution in [0.25, 0.3) is 0 Å². The average molecular weight is 298 g/mol. The van der Waals surface area contributed by atoms with Crippen LogP contribution in [0.5, 0.6) is 0 Å². The molecule has 21 heavy (non-hydrogen) atoms. The van der Waals surface area contributed by atoms with E-state index in [1.54, 1.807) is 0 Å². The van der Waals surface area contributed by atoms with Gasteiger partial charge < -0.3 is 4.74 Å². The minimum Gasteiger partial charge on any atom is -0.377 e. The van der Waals surface area contributed by atoms with Crippen LogP contribution in [0.2, 0.25) is 0 Å². The fourth-order valence-electron chi connectivity index (χ4n) is 3.20. The molecule has 1 fully saturated rings. The molecule has 1 aliphatic heterocycles. The van der Waals surface area contributed by atoms with E-state index >= 15 is 0 Å². The third-order valence-electron chi connectivity index (χ3n) is 4.80. The van der Waals surface area contributed by atoms with Crippen molar-refractivity contribution in [2.45, 2.75) is 86.8 Å². The van der Waals surface area contributed by atoms with Crippen LogP contribution in [0.4, 0.5) is 0 Å². The van der Waals surface area contributed by atoms with Gasteiger partial charge in [-0.1, -0.05) is 41.5 Å². The molecule has 0 amide bonds. The second kappa shape index (κ2) is 6.58. The second-order valence-corrected chi connectivity index (χ2v) is 10.1. The van der Waals surface area contributed by atoms with Crippen LogP contribution < -0.4 is 0 Å². The van der Waals surface area contributed by atoms with Crippen molar-refractivity contribution in [2.24, 2.45) is 16.7 Å². The van der Waals surface area contributed by atoms with E-state index in [9.17, 15) is 0 Å². The summed E-state index contributed by atoms with van der Waals surface area (Å²) >= 11 is 0. The maximum absolute atomic E-state index is 6.38. The first kappa shape index (κ1) is 19.0. The van der Waals surface area contributed by atoms with E-state index in [4.69, 9.17) is 4.74 Å². The zero-order chi connectivity index (χ0) is 16.5. The van der Waals surface area contributed by atoms with Gasteiger partial charge in [-0.05, 0) is 56.9 Å². The standard InChI is InChI=1S/C19H39NO/c1-17(2,3)11-13-21-16-14-20(19(7,8)9)12-10-15(16)18(4,5)6/h15-16H,10-14H2,1-9H3. The Morgan fingerprint density at radius 1 is 0.952 bits per heavy atom. The van der Waals surface area contributed by atoms with Gasteiger partial charge in [0.25, 0.3) is 0 Å². The van der Waals surface area contributed by atoms with Gasteiger partial charge in [0.05, 0.1) is 6.10 Å². The molecule has 1 heterocycles. The smallest absolute Gasteiger partial charge is 0.0735 e. The van der Waals surface area contributed by atoms with E-state index in [-0.39, 0.29) is 5.54 Å². The highest BCUT2D eigenvalue weighted by molar-refractivity contribution is 4.92. The molecule has 2 nitrogen and oxygen atoms in total. The summed E-state index contributed by atoms with van der Waals surface area (Å²) in [6.07, 6.45) is 2.76. The first-order chi connectivity index (χ1) is 9.31. The number of nitrogens with zero attached hydrogens (tertiary/aromatic N) is 1. The second-order valence-electron chi connectivity index (χ2n) is 10.1. The third-order valence-corrected chi connectivity index (χ3v) is 4.80. The molecular weight excluding hydrogens is 258 g/mol. The van der Waals surface area contributed by atoms with E-state index in [1.807, 2.05) is 0 Å². The minimum atomic E-state index is 0.245. The Kier molecular flexibility index (Phi) is 5.94. The number of likely N-dealkylation sites (tertiary alicyclic amines) is 1. The van der Waals surface area contributed by atoms with Crippen LogP contribution in [0, 0.1) is 16.7 Å². The summed E-state index contributed by atoms with van der Waals surface area (Å²) in [5.74, 6) is 0.663. The molecular formula is C19H39NO. The van der Waals surface area contributed by atoms with Crippen LogP contribution in [0.1, 0.15) is 75.2 Å². The van der Waals surface area contributed by atoms with Crippen LogP contribution in [-0.4, -0.2) is 36.2 Å². The Labute approximate surface area is 133 Å². The molecule has 126 valence electrons. The summed E-state index contributed by atoms with van der Waals surface area (Å²) in [5, 5.41) is 0. The first-order valence-electron chi connectivity index (χ1n) is 8.67. The van der Waals surface area contributed by atoms with Crippen molar-refractivity contribution in [3.05, 3.63) is 0 Å². The van der Waals surface area contributed by atoms with Gasteiger partial charge >= 0.3 is 0 Å². The highest BCUT2D eigenvalue weighted by atomic mass is 16.5. The Balaban J connectivity index is 2.70. The number of hydrogen-bond donors (Lipinski definition) is 0. The minimum absolute atomic E-state index is 0.245. The predicted octanol–water partition coefficient (Wildman–Crippen LogP) is 4.97. The number of ether oxygens (including phenoxy) is 1. The molecule has 0 bridgehead atoms. The molecule has 0 spiro atoms. The predicted molar refractivity (Wildman–Crippen MR) is 92.7 cm³/mol. The molecule has 1 saturated heterocycles. The normalized spacial score (nSPS) is 26.1. The van der Waals surface area contributed by atoms with Crippen LogP contribution >= 0.6 is 0 Å². The largest absolute Gasteiger partial charge is 0.377 e. The van der Waals surface area contributed by atoms with Crippen molar-refractivity contribution >= 4 is 0 Å². The Morgan fingerprint density at radius 2 is 1.52 bits per heavy atom. The van der Waals surface area contributed by atoms with Gasteiger partial charge in [0.2, 0.25) is 0 Å². The lowest BCUT2D eigenvalue weighted by atomic mass is 9.73. The van der Waals surface area contributed by atoms with Crippen molar-refractivity contribution in [2.75, 3.05) is 19.7 Å². The van der Waals surface area contributed by atoms with Crippen molar-refractivity contribution < 1.29 is 4.74 Å². The highest BCUT2D eigenvalue weighted by Gasteiger charge is 2.39. The third kappa shape index (κ3) is 6.28.